The minimum Gasteiger partial charge on any atom is -0.355 e. The highest BCUT2D eigenvalue weighted by Crippen LogP contribution is 2.46. The monoisotopic (exact) mass is 378 g/mol. The lowest BCUT2D eigenvalue weighted by Crippen LogP contribution is -2.62. The Balaban J connectivity index is 1.71. The highest BCUT2D eigenvalue weighted by Gasteiger charge is 2.54. The number of nitrogens with zero attached hydrogens (tertiary/aromatic N) is 1. The van der Waals surface area contributed by atoms with Crippen LogP contribution in [0.1, 0.15) is 50.2 Å². The molecule has 1 amide bonds. The van der Waals surface area contributed by atoms with Crippen molar-refractivity contribution in [2.24, 2.45) is 5.41 Å². The van der Waals surface area contributed by atoms with Crippen molar-refractivity contribution >= 4 is 15.9 Å². The molecule has 0 radical (unpaired) electrons. The van der Waals surface area contributed by atoms with Crippen molar-refractivity contribution < 1.29 is 13.2 Å². The smallest absolute Gasteiger partial charge is 0.227 e. The quantitative estimate of drug-likeness (QED) is 0.856. The summed E-state index contributed by atoms with van der Waals surface area (Å²) in [6.07, 6.45) is 4.82. The molecule has 2 atom stereocenters. The molecule has 0 aromatic heterocycles. The summed E-state index contributed by atoms with van der Waals surface area (Å²) in [5, 5.41) is 3.12. The first-order valence-corrected chi connectivity index (χ1v) is 11.3. The Bertz CT molecular complexity index is 762. The zero-order valence-electron chi connectivity index (χ0n) is 15.8. The van der Waals surface area contributed by atoms with Crippen molar-refractivity contribution in [2.75, 3.05) is 18.8 Å². The molecule has 144 valence electrons. The van der Waals surface area contributed by atoms with Gasteiger partial charge in [-0.2, -0.15) is 4.31 Å². The van der Waals surface area contributed by atoms with E-state index in [1.807, 2.05) is 13.0 Å². The summed E-state index contributed by atoms with van der Waals surface area (Å²) in [5.74, 6) is 0.131. The number of aryl methyl sites for hydroxylation is 1. The second-order valence-electron chi connectivity index (χ2n) is 7.68. The van der Waals surface area contributed by atoms with E-state index in [0.29, 0.717) is 19.5 Å². The molecule has 1 heterocycles. The van der Waals surface area contributed by atoms with Gasteiger partial charge in [0, 0.05) is 19.1 Å². The fourth-order valence-corrected chi connectivity index (χ4v) is 6.66. The summed E-state index contributed by atoms with van der Waals surface area (Å²) in [5.41, 5.74) is 1.88. The number of nitrogens with one attached hydrogen (secondary N) is 1. The van der Waals surface area contributed by atoms with E-state index in [4.69, 9.17) is 0 Å². The first-order valence-electron chi connectivity index (χ1n) is 9.72. The SMILES string of the molecule is CCN1[C@@H]2CCCC[C@@]2(C(=O)NCCc2cccc(C)c2)CCS1(=O)=O. The first-order chi connectivity index (χ1) is 12.4. The van der Waals surface area contributed by atoms with Crippen LogP contribution in [0.2, 0.25) is 0 Å². The molecule has 1 aromatic carbocycles. The van der Waals surface area contributed by atoms with Gasteiger partial charge in [-0.1, -0.05) is 49.6 Å². The number of benzene rings is 1. The maximum Gasteiger partial charge on any atom is 0.227 e. The van der Waals surface area contributed by atoms with Gasteiger partial charge >= 0.3 is 0 Å². The van der Waals surface area contributed by atoms with Crippen LogP contribution in [0.4, 0.5) is 0 Å². The Hall–Kier alpha value is -1.40. The zero-order chi connectivity index (χ0) is 18.8. The van der Waals surface area contributed by atoms with E-state index in [0.717, 1.165) is 32.1 Å². The summed E-state index contributed by atoms with van der Waals surface area (Å²) < 4.78 is 26.5. The second kappa shape index (κ2) is 7.69. The van der Waals surface area contributed by atoms with Crippen molar-refractivity contribution in [1.29, 1.82) is 0 Å². The van der Waals surface area contributed by atoms with E-state index in [1.54, 1.807) is 4.31 Å². The normalized spacial score (nSPS) is 28.3. The number of carbonyl (C=O) groups is 1. The summed E-state index contributed by atoms with van der Waals surface area (Å²) in [7, 11) is -3.23. The third-order valence-electron chi connectivity index (χ3n) is 6.04. The number of hydrogen-bond donors (Lipinski definition) is 1. The molecule has 1 aromatic rings. The van der Waals surface area contributed by atoms with Crippen LogP contribution in [0.25, 0.3) is 0 Å². The van der Waals surface area contributed by atoms with E-state index >= 15 is 0 Å². The maximum absolute atomic E-state index is 13.2. The van der Waals surface area contributed by atoms with Crippen molar-refractivity contribution in [2.45, 2.75) is 58.4 Å². The lowest BCUT2D eigenvalue weighted by atomic mass is 9.67. The highest BCUT2D eigenvalue weighted by atomic mass is 32.2. The summed E-state index contributed by atoms with van der Waals surface area (Å²) in [6, 6.07) is 8.13. The van der Waals surface area contributed by atoms with Crippen molar-refractivity contribution in [1.82, 2.24) is 9.62 Å². The van der Waals surface area contributed by atoms with Crippen LogP contribution in [0.3, 0.4) is 0 Å². The Morgan fingerprint density at radius 3 is 2.85 bits per heavy atom. The molecular formula is C20H30N2O3S. The molecule has 3 rings (SSSR count). The van der Waals surface area contributed by atoms with Gasteiger partial charge in [0.1, 0.15) is 0 Å². The van der Waals surface area contributed by atoms with Gasteiger partial charge in [-0.3, -0.25) is 4.79 Å². The minimum absolute atomic E-state index is 0.0446. The van der Waals surface area contributed by atoms with Gasteiger partial charge in [0.15, 0.2) is 0 Å². The number of fused-ring (bicyclic) bond motifs is 1. The van der Waals surface area contributed by atoms with Crippen LogP contribution >= 0.6 is 0 Å². The minimum atomic E-state index is -3.23. The van der Waals surface area contributed by atoms with Crippen LogP contribution in [0.5, 0.6) is 0 Å². The number of sulfonamides is 1. The molecule has 1 N–H and O–H groups in total. The maximum atomic E-state index is 13.2. The fraction of sp³-hybridized carbons (Fsp3) is 0.650. The largest absolute Gasteiger partial charge is 0.355 e. The summed E-state index contributed by atoms with van der Waals surface area (Å²) >= 11 is 0. The molecule has 2 aliphatic rings. The third kappa shape index (κ3) is 3.67. The van der Waals surface area contributed by atoms with E-state index in [-0.39, 0.29) is 17.7 Å². The molecule has 6 heteroatoms. The van der Waals surface area contributed by atoms with Gasteiger partial charge in [0.25, 0.3) is 0 Å². The van der Waals surface area contributed by atoms with E-state index < -0.39 is 15.4 Å². The highest BCUT2D eigenvalue weighted by molar-refractivity contribution is 7.89. The summed E-state index contributed by atoms with van der Waals surface area (Å²) in [6.45, 7) is 4.98. The molecule has 0 spiro atoms. The van der Waals surface area contributed by atoms with Gasteiger partial charge in [0.2, 0.25) is 15.9 Å². The standard InChI is InChI=1S/C20H30N2O3S/c1-3-22-18-9-4-5-11-20(18,12-14-26(22,24)25)19(23)21-13-10-17-8-6-7-16(2)15-17/h6-8,15,18H,3-5,9-14H2,1-2H3,(H,21,23)/t18-,20-/m1/s1. The average Bonchev–Trinajstić information content (AvgIpc) is 2.61. The lowest BCUT2D eigenvalue weighted by molar-refractivity contribution is -0.137. The van der Waals surface area contributed by atoms with Gasteiger partial charge in [-0.15, -0.1) is 0 Å². The van der Waals surface area contributed by atoms with Crippen LogP contribution in [0, 0.1) is 12.3 Å². The molecular weight excluding hydrogens is 348 g/mol. The average molecular weight is 379 g/mol. The van der Waals surface area contributed by atoms with E-state index in [1.165, 1.54) is 11.1 Å². The lowest BCUT2D eigenvalue weighted by Gasteiger charge is -2.50. The predicted molar refractivity (Wildman–Crippen MR) is 103 cm³/mol. The van der Waals surface area contributed by atoms with E-state index in [9.17, 15) is 13.2 Å². The van der Waals surface area contributed by atoms with Gasteiger partial charge in [-0.25, -0.2) is 8.42 Å². The first kappa shape index (κ1) is 19.4. The van der Waals surface area contributed by atoms with Gasteiger partial charge in [-0.05, 0) is 38.2 Å². The van der Waals surface area contributed by atoms with Crippen molar-refractivity contribution in [3.63, 3.8) is 0 Å². The molecule has 0 bridgehead atoms. The van der Waals surface area contributed by atoms with Crippen LogP contribution in [-0.4, -0.2) is 43.5 Å². The Morgan fingerprint density at radius 1 is 1.31 bits per heavy atom. The predicted octanol–water partition coefficient (Wildman–Crippen LogP) is 2.64. The van der Waals surface area contributed by atoms with Crippen molar-refractivity contribution in [3.05, 3.63) is 35.4 Å². The third-order valence-corrected chi connectivity index (χ3v) is 7.99. The molecule has 2 fully saturated rings. The second-order valence-corrected chi connectivity index (χ2v) is 9.72. The van der Waals surface area contributed by atoms with Crippen LogP contribution < -0.4 is 5.32 Å². The van der Waals surface area contributed by atoms with Gasteiger partial charge in [0.05, 0.1) is 11.2 Å². The Morgan fingerprint density at radius 2 is 2.12 bits per heavy atom. The van der Waals surface area contributed by atoms with Crippen molar-refractivity contribution in [3.8, 4) is 0 Å². The number of carbonyl (C=O) groups excluding carboxylic acids is 1. The number of amides is 1. The molecule has 26 heavy (non-hydrogen) atoms. The number of rotatable bonds is 5. The molecule has 1 saturated carbocycles. The molecule has 1 saturated heterocycles. The van der Waals surface area contributed by atoms with Gasteiger partial charge < -0.3 is 5.32 Å². The fourth-order valence-electron chi connectivity index (χ4n) is 4.71. The zero-order valence-corrected chi connectivity index (χ0v) is 16.6. The molecule has 5 nitrogen and oxygen atoms in total. The number of hydrogen-bond acceptors (Lipinski definition) is 3. The molecule has 1 aliphatic heterocycles. The van der Waals surface area contributed by atoms with E-state index in [2.05, 4.69) is 30.4 Å². The summed E-state index contributed by atoms with van der Waals surface area (Å²) in [4.78, 5) is 13.2. The molecule has 1 aliphatic carbocycles. The molecule has 0 unspecified atom stereocenters. The topological polar surface area (TPSA) is 66.5 Å². The Labute approximate surface area is 157 Å². The van der Waals surface area contributed by atoms with Crippen LogP contribution in [-0.2, 0) is 21.2 Å². The van der Waals surface area contributed by atoms with Crippen LogP contribution in [0.15, 0.2) is 24.3 Å². The Kier molecular flexibility index (Phi) is 5.72.